The molecule has 0 atom stereocenters. The molecule has 0 aromatic carbocycles. The van der Waals surface area contributed by atoms with Crippen molar-refractivity contribution in [3.05, 3.63) is 17.8 Å². The van der Waals surface area contributed by atoms with Gasteiger partial charge in [0.05, 0.1) is 13.7 Å². The van der Waals surface area contributed by atoms with Crippen molar-refractivity contribution in [2.75, 3.05) is 19.5 Å². The number of aromatic nitrogens is 1. The molecule has 0 amide bonds. The van der Waals surface area contributed by atoms with Crippen LogP contribution in [-0.4, -0.2) is 24.7 Å². The first kappa shape index (κ1) is 10.3. The van der Waals surface area contributed by atoms with Crippen LogP contribution in [0.5, 0.6) is 5.75 Å². The van der Waals surface area contributed by atoms with Gasteiger partial charge in [-0.05, 0) is 6.92 Å². The Kier molecular flexibility index (Phi) is 3.28. The van der Waals surface area contributed by atoms with E-state index in [0.29, 0.717) is 18.2 Å². The lowest BCUT2D eigenvalue weighted by atomic mass is 10.2. The molecule has 76 valence electrons. The molecule has 0 saturated heterocycles. The first-order valence-corrected chi connectivity index (χ1v) is 4.15. The summed E-state index contributed by atoms with van der Waals surface area (Å²) in [5.74, 6) is 0.211. The number of hydrogen-bond acceptors (Lipinski definition) is 5. The van der Waals surface area contributed by atoms with E-state index in [1.807, 2.05) is 0 Å². The largest absolute Gasteiger partial charge is 0.496 e. The molecule has 5 heteroatoms. The summed E-state index contributed by atoms with van der Waals surface area (Å²) < 4.78 is 9.78. The fourth-order valence-corrected chi connectivity index (χ4v) is 0.983. The number of hydrogen-bond donors (Lipinski definition) is 1. The van der Waals surface area contributed by atoms with Crippen LogP contribution >= 0.6 is 0 Å². The number of rotatable bonds is 3. The average Bonchev–Trinajstić information content (AvgIpc) is 2.17. The lowest BCUT2D eigenvalue weighted by Crippen LogP contribution is -2.08. The number of nitrogen functional groups attached to an aromatic ring is 1. The zero-order valence-corrected chi connectivity index (χ0v) is 8.11. The van der Waals surface area contributed by atoms with E-state index in [9.17, 15) is 4.79 Å². The number of methoxy groups -OCH3 is 1. The third-order valence-electron chi connectivity index (χ3n) is 1.60. The van der Waals surface area contributed by atoms with E-state index in [-0.39, 0.29) is 5.56 Å². The Hall–Kier alpha value is -1.78. The highest BCUT2D eigenvalue weighted by molar-refractivity contribution is 5.92. The average molecular weight is 196 g/mol. The van der Waals surface area contributed by atoms with Gasteiger partial charge in [-0.15, -0.1) is 0 Å². The van der Waals surface area contributed by atoms with Crippen LogP contribution in [0, 0.1) is 0 Å². The predicted octanol–water partition coefficient (Wildman–Crippen LogP) is 0.849. The minimum atomic E-state index is -0.461. The first-order valence-electron chi connectivity index (χ1n) is 4.15. The molecule has 0 aliphatic carbocycles. The van der Waals surface area contributed by atoms with Gasteiger partial charge in [0.15, 0.2) is 0 Å². The number of pyridine rings is 1. The minimum Gasteiger partial charge on any atom is -0.496 e. The van der Waals surface area contributed by atoms with Gasteiger partial charge < -0.3 is 15.2 Å². The van der Waals surface area contributed by atoms with Crippen molar-refractivity contribution < 1.29 is 14.3 Å². The van der Waals surface area contributed by atoms with Crippen LogP contribution in [0.15, 0.2) is 12.3 Å². The van der Waals surface area contributed by atoms with Gasteiger partial charge in [0, 0.05) is 12.3 Å². The number of carbonyl (C=O) groups excluding carboxylic acids is 1. The van der Waals surface area contributed by atoms with Crippen LogP contribution in [-0.2, 0) is 4.74 Å². The topological polar surface area (TPSA) is 74.4 Å². The summed E-state index contributed by atoms with van der Waals surface area (Å²) in [5.41, 5.74) is 5.72. The van der Waals surface area contributed by atoms with Crippen LogP contribution < -0.4 is 10.5 Å². The van der Waals surface area contributed by atoms with Crippen LogP contribution in [0.2, 0.25) is 0 Å². The highest BCUT2D eigenvalue weighted by Crippen LogP contribution is 2.19. The van der Waals surface area contributed by atoms with Crippen molar-refractivity contribution in [1.82, 2.24) is 4.98 Å². The van der Waals surface area contributed by atoms with Crippen LogP contribution in [0.1, 0.15) is 17.3 Å². The van der Waals surface area contributed by atoms with Crippen molar-refractivity contribution in [3.8, 4) is 5.75 Å². The molecule has 1 aromatic rings. The summed E-state index contributed by atoms with van der Waals surface area (Å²) in [4.78, 5) is 15.1. The fraction of sp³-hybridized carbons (Fsp3) is 0.333. The van der Waals surface area contributed by atoms with E-state index in [1.165, 1.54) is 19.4 Å². The highest BCUT2D eigenvalue weighted by atomic mass is 16.5. The minimum absolute atomic E-state index is 0.281. The Balaban J connectivity index is 3.01. The number of anilines is 1. The lowest BCUT2D eigenvalue weighted by Gasteiger charge is -2.07. The number of carbonyl (C=O) groups is 1. The third kappa shape index (κ3) is 2.12. The second-order valence-corrected chi connectivity index (χ2v) is 2.53. The van der Waals surface area contributed by atoms with Crippen LogP contribution in [0.4, 0.5) is 5.82 Å². The Bertz CT molecular complexity index is 339. The molecule has 0 aliphatic rings. The number of esters is 1. The van der Waals surface area contributed by atoms with Crippen LogP contribution in [0.25, 0.3) is 0 Å². The Morgan fingerprint density at radius 2 is 2.36 bits per heavy atom. The van der Waals surface area contributed by atoms with Gasteiger partial charge in [0.2, 0.25) is 0 Å². The van der Waals surface area contributed by atoms with E-state index in [2.05, 4.69) is 4.98 Å². The molecule has 0 spiro atoms. The highest BCUT2D eigenvalue weighted by Gasteiger charge is 2.13. The maximum Gasteiger partial charge on any atom is 0.343 e. The summed E-state index contributed by atoms with van der Waals surface area (Å²) in [6, 6.07) is 1.48. The maximum atomic E-state index is 11.4. The van der Waals surface area contributed by atoms with Gasteiger partial charge in [-0.25, -0.2) is 9.78 Å². The molecule has 5 nitrogen and oxygen atoms in total. The van der Waals surface area contributed by atoms with E-state index < -0.39 is 5.97 Å². The third-order valence-corrected chi connectivity index (χ3v) is 1.60. The molecule has 0 fully saturated rings. The van der Waals surface area contributed by atoms with Crippen molar-refractivity contribution >= 4 is 11.8 Å². The summed E-state index contributed by atoms with van der Waals surface area (Å²) in [7, 11) is 1.46. The van der Waals surface area contributed by atoms with Crippen molar-refractivity contribution in [1.29, 1.82) is 0 Å². The monoisotopic (exact) mass is 196 g/mol. The smallest absolute Gasteiger partial charge is 0.343 e. The molecular weight excluding hydrogens is 184 g/mol. The van der Waals surface area contributed by atoms with Gasteiger partial charge in [0.25, 0.3) is 0 Å². The summed E-state index contributed by atoms with van der Waals surface area (Å²) in [6.45, 7) is 2.04. The summed E-state index contributed by atoms with van der Waals surface area (Å²) >= 11 is 0. The van der Waals surface area contributed by atoms with Gasteiger partial charge >= 0.3 is 5.97 Å². The normalized spacial score (nSPS) is 9.57. The number of ether oxygens (including phenoxy) is 2. The van der Waals surface area contributed by atoms with Crippen molar-refractivity contribution in [2.45, 2.75) is 6.92 Å². The number of nitrogens with two attached hydrogens (primary N) is 1. The van der Waals surface area contributed by atoms with E-state index >= 15 is 0 Å². The number of nitrogens with zero attached hydrogens (tertiary/aromatic N) is 1. The summed E-state index contributed by atoms with van der Waals surface area (Å²) in [5, 5.41) is 0. The van der Waals surface area contributed by atoms with Gasteiger partial charge in [-0.3, -0.25) is 0 Å². The second-order valence-electron chi connectivity index (χ2n) is 2.53. The van der Waals surface area contributed by atoms with E-state index in [4.69, 9.17) is 15.2 Å². The molecule has 1 heterocycles. The molecule has 0 aliphatic heterocycles. The molecular formula is C9H12N2O3. The van der Waals surface area contributed by atoms with Crippen LogP contribution in [0.3, 0.4) is 0 Å². The SMILES string of the molecule is CCOC(=O)c1cnc(N)cc1OC. The predicted molar refractivity (Wildman–Crippen MR) is 51.2 cm³/mol. The molecule has 0 radical (unpaired) electrons. The molecule has 14 heavy (non-hydrogen) atoms. The van der Waals surface area contributed by atoms with Crippen molar-refractivity contribution in [3.63, 3.8) is 0 Å². The zero-order valence-electron chi connectivity index (χ0n) is 8.11. The quantitative estimate of drug-likeness (QED) is 0.725. The standard InChI is InChI=1S/C9H12N2O3/c1-3-14-9(12)6-5-11-8(10)4-7(6)13-2/h4-5H,3H2,1-2H3,(H2,10,11). The molecule has 1 rings (SSSR count). The van der Waals surface area contributed by atoms with Gasteiger partial charge in [-0.1, -0.05) is 0 Å². The molecule has 0 unspecified atom stereocenters. The molecule has 0 saturated carbocycles. The Morgan fingerprint density at radius 3 is 2.93 bits per heavy atom. The molecule has 1 aromatic heterocycles. The molecule has 2 N–H and O–H groups in total. The lowest BCUT2D eigenvalue weighted by molar-refractivity contribution is 0.0522. The van der Waals surface area contributed by atoms with Gasteiger partial charge in [-0.2, -0.15) is 0 Å². The first-order chi connectivity index (χ1) is 6.69. The fourth-order valence-electron chi connectivity index (χ4n) is 0.983. The van der Waals surface area contributed by atoms with Gasteiger partial charge in [0.1, 0.15) is 17.1 Å². The Morgan fingerprint density at radius 1 is 1.64 bits per heavy atom. The zero-order chi connectivity index (χ0) is 10.6. The second kappa shape index (κ2) is 4.45. The molecule has 0 bridgehead atoms. The van der Waals surface area contributed by atoms with Crippen molar-refractivity contribution in [2.24, 2.45) is 0 Å². The van der Waals surface area contributed by atoms with E-state index in [1.54, 1.807) is 6.92 Å². The summed E-state index contributed by atoms with van der Waals surface area (Å²) in [6.07, 6.45) is 1.34. The maximum absolute atomic E-state index is 11.4. The Labute approximate surface area is 81.8 Å². The van der Waals surface area contributed by atoms with E-state index in [0.717, 1.165) is 0 Å².